The van der Waals surface area contributed by atoms with E-state index in [1.54, 1.807) is 0 Å². The Bertz CT molecular complexity index is 324. The first kappa shape index (κ1) is 15.8. The van der Waals surface area contributed by atoms with Gasteiger partial charge < -0.3 is 15.5 Å². The molecule has 0 aromatic rings. The maximum Gasteiger partial charge on any atom is 0.229 e. The summed E-state index contributed by atoms with van der Waals surface area (Å²) < 4.78 is 0. The Morgan fingerprint density at radius 3 is 2.45 bits per heavy atom. The summed E-state index contributed by atoms with van der Waals surface area (Å²) in [6, 6.07) is 0. The third kappa shape index (κ3) is 3.53. The highest BCUT2D eigenvalue weighted by molar-refractivity contribution is 5.82. The molecule has 2 aliphatic rings. The zero-order valence-corrected chi connectivity index (χ0v) is 13.2. The molecule has 116 valence electrons. The van der Waals surface area contributed by atoms with Gasteiger partial charge in [-0.25, -0.2) is 0 Å². The number of rotatable bonds is 4. The minimum absolute atomic E-state index is 0.268. The molecule has 2 rings (SSSR count). The molecule has 1 aliphatic heterocycles. The van der Waals surface area contributed by atoms with Crippen LogP contribution in [0.4, 0.5) is 0 Å². The van der Waals surface area contributed by atoms with Gasteiger partial charge in [0.25, 0.3) is 0 Å². The first-order valence-electron chi connectivity index (χ1n) is 8.21. The lowest BCUT2D eigenvalue weighted by Gasteiger charge is -2.35. The minimum atomic E-state index is -0.268. The lowest BCUT2D eigenvalue weighted by molar-refractivity contribution is -0.141. The van der Waals surface area contributed by atoms with Crippen LogP contribution in [0.2, 0.25) is 0 Å². The molecule has 1 amide bonds. The summed E-state index contributed by atoms with van der Waals surface area (Å²) >= 11 is 0. The van der Waals surface area contributed by atoms with E-state index in [2.05, 4.69) is 11.9 Å². The second-order valence-electron chi connectivity index (χ2n) is 7.00. The van der Waals surface area contributed by atoms with Crippen LogP contribution in [0.3, 0.4) is 0 Å². The molecule has 1 atom stereocenters. The van der Waals surface area contributed by atoms with Crippen molar-refractivity contribution < 1.29 is 4.79 Å². The molecule has 4 nitrogen and oxygen atoms in total. The van der Waals surface area contributed by atoms with Crippen LogP contribution >= 0.6 is 0 Å². The second kappa shape index (κ2) is 6.90. The second-order valence-corrected chi connectivity index (χ2v) is 7.00. The molecule has 1 unspecified atom stereocenters. The van der Waals surface area contributed by atoms with Gasteiger partial charge in [0.05, 0.1) is 5.41 Å². The Kier molecular flexibility index (Phi) is 5.44. The van der Waals surface area contributed by atoms with Gasteiger partial charge in [0.2, 0.25) is 5.91 Å². The Hall–Kier alpha value is -0.610. The standard InChI is InChI=1S/C16H31N3O/c1-18-10-7-14(11-18)12-19(2)15(20)16(13-17)8-5-3-4-6-9-16/h14H,3-13,17H2,1-2H3. The summed E-state index contributed by atoms with van der Waals surface area (Å²) in [4.78, 5) is 17.2. The van der Waals surface area contributed by atoms with Crippen molar-refractivity contribution in [2.24, 2.45) is 17.1 Å². The summed E-state index contributed by atoms with van der Waals surface area (Å²) in [6.45, 7) is 3.69. The molecule has 1 saturated heterocycles. The normalized spacial score (nSPS) is 27.2. The van der Waals surface area contributed by atoms with Crippen LogP contribution in [0.15, 0.2) is 0 Å². The zero-order valence-electron chi connectivity index (χ0n) is 13.2. The van der Waals surface area contributed by atoms with Gasteiger partial charge in [0.1, 0.15) is 0 Å². The Labute approximate surface area is 123 Å². The van der Waals surface area contributed by atoms with Gasteiger partial charge in [-0.2, -0.15) is 0 Å². The number of carbonyl (C=O) groups excluding carboxylic acids is 1. The molecular weight excluding hydrogens is 250 g/mol. The molecule has 0 radical (unpaired) electrons. The van der Waals surface area contributed by atoms with E-state index in [0.717, 1.165) is 45.3 Å². The lowest BCUT2D eigenvalue weighted by atomic mass is 9.79. The summed E-state index contributed by atoms with van der Waals surface area (Å²) in [5.41, 5.74) is 5.75. The predicted octanol–water partition coefficient (Wildman–Crippen LogP) is 1.70. The molecule has 0 bridgehead atoms. The van der Waals surface area contributed by atoms with Crippen LogP contribution < -0.4 is 5.73 Å². The van der Waals surface area contributed by atoms with Crippen molar-refractivity contribution in [2.45, 2.75) is 44.9 Å². The summed E-state index contributed by atoms with van der Waals surface area (Å²) in [7, 11) is 4.14. The van der Waals surface area contributed by atoms with Crippen molar-refractivity contribution >= 4 is 5.91 Å². The Morgan fingerprint density at radius 1 is 1.30 bits per heavy atom. The fraction of sp³-hybridized carbons (Fsp3) is 0.938. The molecule has 2 fully saturated rings. The summed E-state index contributed by atoms with van der Waals surface area (Å²) in [6.07, 6.45) is 8.00. The highest BCUT2D eigenvalue weighted by Crippen LogP contribution is 2.36. The van der Waals surface area contributed by atoms with Crippen LogP contribution in [0.25, 0.3) is 0 Å². The largest absolute Gasteiger partial charge is 0.345 e. The average molecular weight is 281 g/mol. The molecule has 20 heavy (non-hydrogen) atoms. The van der Waals surface area contributed by atoms with Crippen molar-refractivity contribution in [1.82, 2.24) is 9.80 Å². The maximum absolute atomic E-state index is 12.9. The van der Waals surface area contributed by atoms with Crippen molar-refractivity contribution in [1.29, 1.82) is 0 Å². The van der Waals surface area contributed by atoms with Crippen LogP contribution in [0.1, 0.15) is 44.9 Å². The van der Waals surface area contributed by atoms with Crippen LogP contribution in [0.5, 0.6) is 0 Å². The van der Waals surface area contributed by atoms with E-state index in [1.807, 2.05) is 11.9 Å². The van der Waals surface area contributed by atoms with Crippen LogP contribution in [-0.2, 0) is 4.79 Å². The van der Waals surface area contributed by atoms with Gasteiger partial charge in [-0.1, -0.05) is 25.7 Å². The summed E-state index contributed by atoms with van der Waals surface area (Å²) in [5, 5.41) is 0. The summed E-state index contributed by atoms with van der Waals surface area (Å²) in [5.74, 6) is 0.936. The van der Waals surface area contributed by atoms with Gasteiger partial charge in [-0.05, 0) is 38.8 Å². The highest BCUT2D eigenvalue weighted by Gasteiger charge is 2.39. The SMILES string of the molecule is CN1CCC(CN(C)C(=O)C2(CN)CCCCCC2)C1. The van der Waals surface area contributed by atoms with E-state index in [4.69, 9.17) is 5.73 Å². The molecule has 0 aromatic heterocycles. The number of nitrogens with zero attached hydrogens (tertiary/aromatic N) is 2. The fourth-order valence-electron chi connectivity index (χ4n) is 3.96. The molecule has 1 saturated carbocycles. The number of amides is 1. The topological polar surface area (TPSA) is 49.6 Å². The number of likely N-dealkylation sites (tertiary alicyclic amines) is 1. The van der Waals surface area contributed by atoms with E-state index in [-0.39, 0.29) is 5.41 Å². The third-order valence-corrected chi connectivity index (χ3v) is 5.27. The van der Waals surface area contributed by atoms with E-state index in [1.165, 1.54) is 19.3 Å². The monoisotopic (exact) mass is 281 g/mol. The van der Waals surface area contributed by atoms with E-state index >= 15 is 0 Å². The number of carbonyl (C=O) groups is 1. The fourth-order valence-corrected chi connectivity index (χ4v) is 3.96. The van der Waals surface area contributed by atoms with Gasteiger partial charge in [0, 0.05) is 26.7 Å². The first-order valence-corrected chi connectivity index (χ1v) is 8.21. The average Bonchev–Trinajstić information content (AvgIpc) is 2.71. The van der Waals surface area contributed by atoms with Gasteiger partial charge in [-0.15, -0.1) is 0 Å². The first-order chi connectivity index (χ1) is 9.57. The zero-order chi connectivity index (χ0) is 14.6. The van der Waals surface area contributed by atoms with Crippen LogP contribution in [-0.4, -0.2) is 56.0 Å². The Morgan fingerprint density at radius 2 is 1.95 bits per heavy atom. The number of hydrogen-bond acceptors (Lipinski definition) is 3. The number of hydrogen-bond donors (Lipinski definition) is 1. The van der Waals surface area contributed by atoms with Crippen LogP contribution in [0, 0.1) is 11.3 Å². The molecule has 1 aliphatic carbocycles. The molecule has 2 N–H and O–H groups in total. The minimum Gasteiger partial charge on any atom is -0.345 e. The quantitative estimate of drug-likeness (QED) is 0.798. The highest BCUT2D eigenvalue weighted by atomic mass is 16.2. The van der Waals surface area contributed by atoms with Gasteiger partial charge in [0.15, 0.2) is 0 Å². The van der Waals surface area contributed by atoms with Gasteiger partial charge >= 0.3 is 0 Å². The van der Waals surface area contributed by atoms with Crippen molar-refractivity contribution in [3.05, 3.63) is 0 Å². The smallest absolute Gasteiger partial charge is 0.229 e. The molecule has 1 heterocycles. The van der Waals surface area contributed by atoms with E-state index in [9.17, 15) is 4.79 Å². The maximum atomic E-state index is 12.9. The number of nitrogens with two attached hydrogens (primary N) is 1. The van der Waals surface area contributed by atoms with Crippen molar-refractivity contribution in [2.75, 3.05) is 40.3 Å². The third-order valence-electron chi connectivity index (χ3n) is 5.27. The molecule has 4 heteroatoms. The predicted molar refractivity (Wildman–Crippen MR) is 82.4 cm³/mol. The van der Waals surface area contributed by atoms with E-state index < -0.39 is 0 Å². The molecular formula is C16H31N3O. The molecule has 0 aromatic carbocycles. The van der Waals surface area contributed by atoms with Crippen molar-refractivity contribution in [3.8, 4) is 0 Å². The molecule has 0 spiro atoms. The Balaban J connectivity index is 1.96. The van der Waals surface area contributed by atoms with Crippen molar-refractivity contribution in [3.63, 3.8) is 0 Å². The van der Waals surface area contributed by atoms with Gasteiger partial charge in [-0.3, -0.25) is 4.79 Å². The van der Waals surface area contributed by atoms with E-state index in [0.29, 0.717) is 18.4 Å². The lowest BCUT2D eigenvalue weighted by Crippen LogP contribution is -2.47.